The summed E-state index contributed by atoms with van der Waals surface area (Å²) in [6.45, 7) is 1.77. The van der Waals surface area contributed by atoms with Crippen LogP contribution in [0.3, 0.4) is 0 Å². The largest absolute Gasteiger partial charge is 0.300 e. The van der Waals surface area contributed by atoms with Gasteiger partial charge in [0, 0.05) is 16.5 Å². The van der Waals surface area contributed by atoms with Crippen molar-refractivity contribution in [2.45, 2.75) is 19.8 Å². The van der Waals surface area contributed by atoms with Gasteiger partial charge in [-0.15, -0.1) is 11.3 Å². The second-order valence-electron chi connectivity index (χ2n) is 6.76. The Bertz CT molecular complexity index is 1090. The highest BCUT2D eigenvalue weighted by atomic mass is 32.1. The fourth-order valence-electron chi connectivity index (χ4n) is 3.24. The van der Waals surface area contributed by atoms with Gasteiger partial charge in [-0.2, -0.15) is 0 Å². The first-order valence-corrected chi connectivity index (χ1v) is 10.2. The van der Waals surface area contributed by atoms with Crippen LogP contribution < -0.4 is 5.32 Å². The number of imide groups is 1. The number of amides is 3. The zero-order valence-electron chi connectivity index (χ0n) is 15.8. The van der Waals surface area contributed by atoms with Crippen LogP contribution >= 0.6 is 11.3 Å². The van der Waals surface area contributed by atoms with Crippen LogP contribution in [0.5, 0.6) is 0 Å². The smallest absolute Gasteiger partial charge is 0.261 e. The molecule has 0 atom stereocenters. The van der Waals surface area contributed by atoms with Crippen LogP contribution in [0.1, 0.15) is 28.4 Å². The fourth-order valence-corrected chi connectivity index (χ4v) is 3.97. The van der Waals surface area contributed by atoms with E-state index in [9.17, 15) is 14.4 Å². The number of benzene rings is 2. The number of nitrogens with zero attached hydrogens (tertiary/aromatic N) is 2. The summed E-state index contributed by atoms with van der Waals surface area (Å²) in [4.78, 5) is 42.7. The number of anilines is 1. The molecule has 0 saturated carbocycles. The van der Waals surface area contributed by atoms with Crippen LogP contribution in [-0.2, 0) is 22.4 Å². The van der Waals surface area contributed by atoms with Gasteiger partial charge in [-0.3, -0.25) is 19.3 Å². The first-order valence-electron chi connectivity index (χ1n) is 9.32. The Morgan fingerprint density at radius 3 is 2.66 bits per heavy atom. The maximum Gasteiger partial charge on any atom is 0.261 e. The van der Waals surface area contributed by atoms with Crippen molar-refractivity contribution in [2.75, 3.05) is 11.9 Å². The lowest BCUT2D eigenvalue weighted by Crippen LogP contribution is -2.46. The molecule has 0 unspecified atom stereocenters. The zero-order chi connectivity index (χ0) is 20.4. The summed E-state index contributed by atoms with van der Waals surface area (Å²) >= 11 is 1.30. The highest BCUT2D eigenvalue weighted by molar-refractivity contribution is 7.14. The lowest BCUT2D eigenvalue weighted by molar-refractivity contribution is -0.131. The maximum atomic E-state index is 12.6. The average Bonchev–Trinajstić information content (AvgIpc) is 3.19. The van der Waals surface area contributed by atoms with E-state index in [1.807, 2.05) is 17.5 Å². The number of aryl methyl sites for hydroxylation is 1. The Morgan fingerprint density at radius 2 is 1.90 bits per heavy atom. The summed E-state index contributed by atoms with van der Waals surface area (Å²) in [5.74, 6) is -1.27. The second kappa shape index (κ2) is 7.97. The van der Waals surface area contributed by atoms with Gasteiger partial charge >= 0.3 is 0 Å². The number of nitrogens with one attached hydrogen (secondary N) is 1. The first-order chi connectivity index (χ1) is 14.0. The Balaban J connectivity index is 1.43. The molecule has 0 bridgehead atoms. The van der Waals surface area contributed by atoms with Crippen molar-refractivity contribution in [1.29, 1.82) is 0 Å². The molecule has 0 fully saturated rings. The van der Waals surface area contributed by atoms with E-state index >= 15 is 0 Å². The molecule has 0 spiro atoms. The van der Waals surface area contributed by atoms with E-state index in [2.05, 4.69) is 29.4 Å². The molecule has 1 N–H and O–H groups in total. The molecule has 3 aromatic rings. The number of hydrogen-bond donors (Lipinski definition) is 1. The predicted octanol–water partition coefficient (Wildman–Crippen LogP) is 3.54. The second-order valence-corrected chi connectivity index (χ2v) is 7.61. The SMILES string of the molecule is CCc1ccc(-c2csc(NC(=O)CN3C(=O)Cc4ccccc4C3=O)n2)cc1. The van der Waals surface area contributed by atoms with Crippen molar-refractivity contribution >= 4 is 34.2 Å². The fraction of sp³-hybridized carbons (Fsp3) is 0.182. The molecule has 1 aliphatic rings. The van der Waals surface area contributed by atoms with Crippen molar-refractivity contribution in [3.63, 3.8) is 0 Å². The van der Waals surface area contributed by atoms with Crippen molar-refractivity contribution in [2.24, 2.45) is 0 Å². The van der Waals surface area contributed by atoms with Gasteiger partial charge < -0.3 is 5.32 Å². The van der Waals surface area contributed by atoms with Gasteiger partial charge in [0.1, 0.15) is 6.54 Å². The molecule has 0 aliphatic carbocycles. The van der Waals surface area contributed by atoms with Crippen molar-refractivity contribution in [3.8, 4) is 11.3 Å². The molecule has 0 saturated heterocycles. The van der Waals surface area contributed by atoms with E-state index in [1.165, 1.54) is 16.9 Å². The van der Waals surface area contributed by atoms with Crippen LogP contribution in [0.4, 0.5) is 5.13 Å². The minimum atomic E-state index is -0.451. The maximum absolute atomic E-state index is 12.6. The molecule has 2 aromatic carbocycles. The lowest BCUT2D eigenvalue weighted by Gasteiger charge is -2.26. The number of aromatic nitrogens is 1. The molecule has 1 aromatic heterocycles. The monoisotopic (exact) mass is 405 g/mol. The third-order valence-electron chi connectivity index (χ3n) is 4.85. The van der Waals surface area contributed by atoms with E-state index in [1.54, 1.807) is 24.3 Å². The molecule has 3 amide bonds. The number of carbonyl (C=O) groups excluding carboxylic acids is 3. The molecule has 0 radical (unpaired) electrons. The summed E-state index contributed by atoms with van der Waals surface area (Å²) < 4.78 is 0. The molecule has 2 heterocycles. The number of rotatable bonds is 5. The number of carbonyl (C=O) groups is 3. The van der Waals surface area contributed by atoms with E-state index in [-0.39, 0.29) is 18.9 Å². The van der Waals surface area contributed by atoms with Crippen LogP contribution in [0.2, 0.25) is 0 Å². The molecular weight excluding hydrogens is 386 g/mol. The van der Waals surface area contributed by atoms with E-state index < -0.39 is 11.8 Å². The summed E-state index contributed by atoms with van der Waals surface area (Å²) in [5, 5.41) is 4.99. The van der Waals surface area contributed by atoms with E-state index in [0.717, 1.165) is 22.6 Å². The lowest BCUT2D eigenvalue weighted by atomic mass is 9.98. The Morgan fingerprint density at radius 1 is 1.14 bits per heavy atom. The van der Waals surface area contributed by atoms with Gasteiger partial charge in [0.05, 0.1) is 12.1 Å². The quantitative estimate of drug-likeness (QED) is 0.659. The van der Waals surface area contributed by atoms with Crippen molar-refractivity contribution in [3.05, 3.63) is 70.6 Å². The van der Waals surface area contributed by atoms with Gasteiger partial charge in [0.15, 0.2) is 5.13 Å². The molecule has 1 aliphatic heterocycles. The zero-order valence-corrected chi connectivity index (χ0v) is 16.7. The molecule has 6 nitrogen and oxygen atoms in total. The van der Waals surface area contributed by atoms with Crippen LogP contribution in [0.25, 0.3) is 11.3 Å². The minimum absolute atomic E-state index is 0.115. The number of fused-ring (bicyclic) bond motifs is 1. The van der Waals surface area contributed by atoms with Gasteiger partial charge in [0.2, 0.25) is 11.8 Å². The highest BCUT2D eigenvalue weighted by Gasteiger charge is 2.32. The van der Waals surface area contributed by atoms with Crippen molar-refractivity contribution < 1.29 is 14.4 Å². The minimum Gasteiger partial charge on any atom is -0.300 e. The van der Waals surface area contributed by atoms with Crippen molar-refractivity contribution in [1.82, 2.24) is 9.88 Å². The average molecular weight is 405 g/mol. The standard InChI is InChI=1S/C22H19N3O3S/c1-2-14-7-9-15(10-8-14)18-13-29-22(23-18)24-19(26)12-25-20(27)11-16-5-3-4-6-17(16)21(25)28/h3-10,13H,2,11-12H2,1H3,(H,23,24,26). The molecule has 29 heavy (non-hydrogen) atoms. The van der Waals surface area contributed by atoms with E-state index in [4.69, 9.17) is 0 Å². The van der Waals surface area contributed by atoms with E-state index in [0.29, 0.717) is 16.3 Å². The molecular formula is C22H19N3O3S. The normalized spacial score (nSPS) is 13.3. The summed E-state index contributed by atoms with van der Waals surface area (Å²) in [6, 6.07) is 15.1. The van der Waals surface area contributed by atoms with Crippen LogP contribution in [0, 0.1) is 0 Å². The number of hydrogen-bond acceptors (Lipinski definition) is 5. The Hall–Kier alpha value is -3.32. The highest BCUT2D eigenvalue weighted by Crippen LogP contribution is 2.25. The van der Waals surface area contributed by atoms with Gasteiger partial charge in [-0.1, -0.05) is 49.4 Å². The summed E-state index contributed by atoms with van der Waals surface area (Å²) in [5.41, 5.74) is 4.14. The Kier molecular flexibility index (Phi) is 5.22. The van der Waals surface area contributed by atoms with Crippen LogP contribution in [0.15, 0.2) is 53.9 Å². The third kappa shape index (κ3) is 3.95. The molecule has 7 heteroatoms. The number of thiazole rings is 1. The third-order valence-corrected chi connectivity index (χ3v) is 5.60. The first kappa shape index (κ1) is 19.0. The summed E-state index contributed by atoms with van der Waals surface area (Å²) in [6.07, 6.45) is 1.08. The van der Waals surface area contributed by atoms with Gasteiger partial charge in [0.25, 0.3) is 5.91 Å². The summed E-state index contributed by atoms with van der Waals surface area (Å²) in [7, 11) is 0. The van der Waals surface area contributed by atoms with Gasteiger partial charge in [-0.05, 0) is 23.6 Å². The molecule has 146 valence electrons. The Labute approximate surface area is 172 Å². The van der Waals surface area contributed by atoms with Gasteiger partial charge in [-0.25, -0.2) is 4.98 Å². The predicted molar refractivity (Wildman–Crippen MR) is 112 cm³/mol. The van der Waals surface area contributed by atoms with Crippen LogP contribution in [-0.4, -0.2) is 34.2 Å². The topological polar surface area (TPSA) is 79.4 Å². The molecule has 4 rings (SSSR count).